The topological polar surface area (TPSA) is 82.9 Å². The second-order valence-electron chi connectivity index (χ2n) is 9.90. The van der Waals surface area contributed by atoms with E-state index in [4.69, 9.17) is 4.74 Å². The second kappa shape index (κ2) is 10.8. The molecular formula is C31H32N2O4. The van der Waals surface area contributed by atoms with E-state index in [0.717, 1.165) is 21.9 Å². The molecule has 3 aromatic carbocycles. The van der Waals surface area contributed by atoms with Crippen molar-refractivity contribution in [2.75, 3.05) is 26.2 Å². The lowest BCUT2D eigenvalue weighted by molar-refractivity contribution is -0.0364. The number of ketones is 1. The summed E-state index contributed by atoms with van der Waals surface area (Å²) in [6, 6.07) is 22.6. The van der Waals surface area contributed by atoms with E-state index in [1.54, 1.807) is 24.4 Å². The van der Waals surface area contributed by atoms with Crippen molar-refractivity contribution in [1.29, 1.82) is 0 Å². The fraction of sp³-hybridized carbons (Fsp3) is 0.290. The van der Waals surface area contributed by atoms with Crippen molar-refractivity contribution in [2.45, 2.75) is 31.5 Å². The Morgan fingerprint density at radius 3 is 2.54 bits per heavy atom. The molecule has 190 valence electrons. The Labute approximate surface area is 217 Å². The van der Waals surface area contributed by atoms with Gasteiger partial charge in [0, 0.05) is 48.5 Å². The molecule has 0 amide bonds. The molecule has 1 fully saturated rings. The van der Waals surface area contributed by atoms with Gasteiger partial charge in [-0.25, -0.2) is 0 Å². The summed E-state index contributed by atoms with van der Waals surface area (Å²) in [7, 11) is 0. The van der Waals surface area contributed by atoms with E-state index >= 15 is 0 Å². The largest absolute Gasteiger partial charge is 0.490 e. The number of carbonyl (C=O) groups excluding carboxylic acids is 1. The summed E-state index contributed by atoms with van der Waals surface area (Å²) in [6.07, 6.45) is 3.98. The quantitative estimate of drug-likeness (QED) is 0.350. The molecule has 1 aliphatic rings. The van der Waals surface area contributed by atoms with Crippen molar-refractivity contribution in [1.82, 2.24) is 9.88 Å². The Hall–Kier alpha value is -3.58. The Balaban J connectivity index is 1.19. The molecule has 0 aliphatic carbocycles. The Morgan fingerprint density at radius 1 is 1.03 bits per heavy atom. The SMILES string of the molecule is Cc1ccc(OC[C@@H](O)CN2CCC(O)(c3cncc4ccccc34)CC2)c(C(=O)c2ccccc2)c1. The molecule has 37 heavy (non-hydrogen) atoms. The molecule has 0 spiro atoms. The highest BCUT2D eigenvalue weighted by atomic mass is 16.5. The van der Waals surface area contributed by atoms with Gasteiger partial charge in [0.05, 0.1) is 11.2 Å². The number of aliphatic hydroxyl groups excluding tert-OH is 1. The third kappa shape index (κ3) is 5.57. The number of benzene rings is 3. The molecule has 2 N–H and O–H groups in total. The number of aryl methyl sites for hydroxylation is 1. The number of carbonyl (C=O) groups is 1. The summed E-state index contributed by atoms with van der Waals surface area (Å²) in [6.45, 7) is 3.74. The summed E-state index contributed by atoms with van der Waals surface area (Å²) in [4.78, 5) is 19.6. The maximum absolute atomic E-state index is 13.1. The maximum atomic E-state index is 13.1. The number of piperidine rings is 1. The van der Waals surface area contributed by atoms with E-state index in [0.29, 0.717) is 49.4 Å². The van der Waals surface area contributed by atoms with Gasteiger partial charge in [0.15, 0.2) is 5.78 Å². The van der Waals surface area contributed by atoms with Gasteiger partial charge < -0.3 is 19.8 Å². The van der Waals surface area contributed by atoms with E-state index in [1.807, 2.05) is 67.7 Å². The number of ether oxygens (including phenoxy) is 1. The van der Waals surface area contributed by atoms with Crippen LogP contribution in [-0.4, -0.2) is 58.2 Å². The number of aromatic nitrogens is 1. The fourth-order valence-corrected chi connectivity index (χ4v) is 5.09. The smallest absolute Gasteiger partial charge is 0.196 e. The predicted octanol–water partition coefficient (Wildman–Crippen LogP) is 4.50. The molecule has 1 saturated heterocycles. The molecule has 6 heteroatoms. The standard InChI is InChI=1S/C31H32N2O4/c1-22-11-12-29(27(17-22)30(35)23-7-3-2-4-8-23)37-21-25(34)20-33-15-13-31(36,14-16-33)28-19-32-18-24-9-5-6-10-26(24)28/h2-12,17-19,25,34,36H,13-16,20-21H2,1H3/t25-/m0/s1. The predicted molar refractivity (Wildman–Crippen MR) is 144 cm³/mol. The molecule has 6 nitrogen and oxygen atoms in total. The third-order valence-corrected chi connectivity index (χ3v) is 7.17. The molecule has 1 aliphatic heterocycles. The van der Waals surface area contributed by atoms with Gasteiger partial charge in [0.1, 0.15) is 18.5 Å². The van der Waals surface area contributed by atoms with Crippen LogP contribution in [-0.2, 0) is 5.60 Å². The molecular weight excluding hydrogens is 464 g/mol. The lowest BCUT2D eigenvalue weighted by Gasteiger charge is -2.39. The number of hydrogen-bond acceptors (Lipinski definition) is 6. The lowest BCUT2D eigenvalue weighted by Crippen LogP contribution is -2.46. The third-order valence-electron chi connectivity index (χ3n) is 7.17. The molecule has 0 radical (unpaired) electrons. The number of aliphatic hydroxyl groups is 2. The molecule has 5 rings (SSSR count). The average molecular weight is 497 g/mol. The van der Waals surface area contributed by atoms with Crippen molar-refractivity contribution in [3.05, 3.63) is 107 Å². The van der Waals surface area contributed by atoms with Crippen molar-refractivity contribution < 1.29 is 19.7 Å². The number of likely N-dealkylation sites (tertiary alicyclic amines) is 1. The summed E-state index contributed by atoms with van der Waals surface area (Å²) in [5.74, 6) is 0.363. The summed E-state index contributed by atoms with van der Waals surface area (Å²) >= 11 is 0. The summed E-state index contributed by atoms with van der Waals surface area (Å²) in [5, 5.41) is 24.2. The highest BCUT2D eigenvalue weighted by Crippen LogP contribution is 2.36. The van der Waals surface area contributed by atoms with Crippen LogP contribution < -0.4 is 4.74 Å². The van der Waals surface area contributed by atoms with E-state index < -0.39 is 11.7 Å². The van der Waals surface area contributed by atoms with Crippen LogP contribution in [0.5, 0.6) is 5.75 Å². The zero-order chi connectivity index (χ0) is 25.8. The summed E-state index contributed by atoms with van der Waals surface area (Å²) in [5.41, 5.74) is 1.98. The first kappa shape index (κ1) is 25.1. The number of rotatable bonds is 8. The van der Waals surface area contributed by atoms with Crippen LogP contribution in [0.1, 0.15) is 39.9 Å². The maximum Gasteiger partial charge on any atom is 0.196 e. The van der Waals surface area contributed by atoms with Crippen LogP contribution in [0.4, 0.5) is 0 Å². The van der Waals surface area contributed by atoms with Gasteiger partial charge in [0.2, 0.25) is 0 Å². The number of β-amino-alcohol motifs (C(OH)–C–C–N with tert-alkyl or cyclic N) is 1. The molecule has 0 bridgehead atoms. The number of fused-ring (bicyclic) bond motifs is 1. The minimum Gasteiger partial charge on any atom is -0.490 e. The Kier molecular flexibility index (Phi) is 7.33. The van der Waals surface area contributed by atoms with Gasteiger partial charge >= 0.3 is 0 Å². The van der Waals surface area contributed by atoms with E-state index in [1.165, 1.54) is 0 Å². The molecule has 1 atom stereocenters. The van der Waals surface area contributed by atoms with E-state index in [9.17, 15) is 15.0 Å². The Bertz CT molecular complexity index is 1380. The monoisotopic (exact) mass is 496 g/mol. The highest BCUT2D eigenvalue weighted by Gasteiger charge is 2.36. The number of pyridine rings is 1. The first-order chi connectivity index (χ1) is 17.9. The minimum absolute atomic E-state index is 0.0755. The second-order valence-corrected chi connectivity index (χ2v) is 9.90. The fourth-order valence-electron chi connectivity index (χ4n) is 5.09. The lowest BCUT2D eigenvalue weighted by atomic mass is 9.83. The zero-order valence-electron chi connectivity index (χ0n) is 21.0. The summed E-state index contributed by atoms with van der Waals surface area (Å²) < 4.78 is 5.94. The molecule has 2 heterocycles. The molecule has 0 unspecified atom stereocenters. The average Bonchev–Trinajstić information content (AvgIpc) is 2.93. The number of hydrogen-bond donors (Lipinski definition) is 2. The van der Waals surface area contributed by atoms with Crippen LogP contribution in [0, 0.1) is 6.92 Å². The highest BCUT2D eigenvalue weighted by molar-refractivity contribution is 6.10. The van der Waals surface area contributed by atoms with E-state index in [-0.39, 0.29) is 12.4 Å². The van der Waals surface area contributed by atoms with Gasteiger partial charge in [-0.1, -0.05) is 66.2 Å². The van der Waals surface area contributed by atoms with Gasteiger partial charge in [-0.15, -0.1) is 0 Å². The van der Waals surface area contributed by atoms with Crippen molar-refractivity contribution in [2.24, 2.45) is 0 Å². The van der Waals surface area contributed by atoms with Crippen molar-refractivity contribution in [3.63, 3.8) is 0 Å². The first-order valence-corrected chi connectivity index (χ1v) is 12.7. The van der Waals surface area contributed by atoms with Crippen LogP contribution in [0.3, 0.4) is 0 Å². The van der Waals surface area contributed by atoms with Gasteiger partial charge in [0.25, 0.3) is 0 Å². The first-order valence-electron chi connectivity index (χ1n) is 12.7. The van der Waals surface area contributed by atoms with Gasteiger partial charge in [-0.05, 0) is 37.3 Å². The molecule has 1 aromatic heterocycles. The van der Waals surface area contributed by atoms with Gasteiger partial charge in [-0.2, -0.15) is 0 Å². The van der Waals surface area contributed by atoms with Crippen molar-refractivity contribution in [3.8, 4) is 5.75 Å². The van der Waals surface area contributed by atoms with E-state index in [2.05, 4.69) is 9.88 Å². The van der Waals surface area contributed by atoms with Crippen LogP contribution >= 0.6 is 0 Å². The number of nitrogens with zero attached hydrogens (tertiary/aromatic N) is 2. The molecule has 4 aromatic rings. The minimum atomic E-state index is -0.944. The Morgan fingerprint density at radius 2 is 1.76 bits per heavy atom. The van der Waals surface area contributed by atoms with Crippen LogP contribution in [0.15, 0.2) is 85.2 Å². The van der Waals surface area contributed by atoms with Crippen molar-refractivity contribution >= 4 is 16.6 Å². The van der Waals surface area contributed by atoms with Gasteiger partial charge in [-0.3, -0.25) is 9.78 Å². The van der Waals surface area contributed by atoms with Crippen LogP contribution in [0.2, 0.25) is 0 Å². The zero-order valence-corrected chi connectivity index (χ0v) is 21.0. The normalized spacial score (nSPS) is 16.4. The molecule has 0 saturated carbocycles. The van der Waals surface area contributed by atoms with Crippen LogP contribution in [0.25, 0.3) is 10.8 Å².